The summed E-state index contributed by atoms with van der Waals surface area (Å²) in [4.78, 5) is 61.8. The quantitative estimate of drug-likeness (QED) is 0.0871. The highest BCUT2D eigenvalue weighted by Crippen LogP contribution is 2.54. The van der Waals surface area contributed by atoms with Crippen molar-refractivity contribution >= 4 is 39.7 Å². The smallest absolute Gasteiger partial charge is 0.407 e. The Balaban J connectivity index is 0.908. The zero-order valence-electron chi connectivity index (χ0n) is 36.7. The second-order valence-electron chi connectivity index (χ2n) is 18.0. The molecule has 2 aromatic heterocycles. The molecule has 7 atom stereocenters. The number of fused-ring (bicyclic) bond motifs is 7. The molecule has 3 amide bonds. The van der Waals surface area contributed by atoms with Crippen LogP contribution < -0.4 is 15.4 Å². The lowest BCUT2D eigenvalue weighted by atomic mass is 9.92. The average molecular weight is 867 g/mol. The van der Waals surface area contributed by atoms with Gasteiger partial charge in [-0.2, -0.15) is 0 Å². The summed E-state index contributed by atoms with van der Waals surface area (Å²) in [6.45, 7) is 5.77. The molecule has 0 radical (unpaired) electrons. The minimum absolute atomic E-state index is 0.0795. The Hall–Kier alpha value is -6.29. The second-order valence-corrected chi connectivity index (χ2v) is 18.0. The van der Waals surface area contributed by atoms with E-state index >= 15 is 0 Å². The number of nitrogens with one attached hydrogen (secondary N) is 4. The van der Waals surface area contributed by atoms with Crippen LogP contribution in [-0.4, -0.2) is 101 Å². The molecule has 6 aromatic rings. The van der Waals surface area contributed by atoms with E-state index in [4.69, 9.17) is 28.9 Å². The van der Waals surface area contributed by atoms with Crippen LogP contribution in [0.4, 0.5) is 4.79 Å². The molecule has 15 nitrogen and oxygen atoms in total. The van der Waals surface area contributed by atoms with E-state index in [2.05, 4.69) is 81.8 Å². The minimum Gasteiger partial charge on any atom is -0.488 e. The fourth-order valence-corrected chi connectivity index (χ4v) is 10.3. The lowest BCUT2D eigenvalue weighted by Crippen LogP contribution is -2.50. The highest BCUT2D eigenvalue weighted by atomic mass is 16.5. The number of alkyl carbamates (subject to hydrolysis) is 1. The van der Waals surface area contributed by atoms with Crippen LogP contribution in [0.25, 0.3) is 44.2 Å². The average Bonchev–Trinajstić information content (AvgIpc) is 3.78. The molecule has 5 heterocycles. The fraction of sp³-hybridized carbons (Fsp3) is 0.408. The number of carbonyl (C=O) groups is 3. The highest BCUT2D eigenvalue weighted by molar-refractivity contribution is 6.07. The molecule has 3 fully saturated rings. The van der Waals surface area contributed by atoms with E-state index in [0.29, 0.717) is 50.2 Å². The minimum atomic E-state index is -0.937. The van der Waals surface area contributed by atoms with Crippen molar-refractivity contribution in [2.45, 2.75) is 69.9 Å². The maximum atomic E-state index is 14.3. The first kappa shape index (κ1) is 41.7. The Morgan fingerprint density at radius 1 is 0.891 bits per heavy atom. The van der Waals surface area contributed by atoms with Gasteiger partial charge >= 0.3 is 6.09 Å². The van der Waals surface area contributed by atoms with E-state index in [9.17, 15) is 14.4 Å². The molecule has 0 spiro atoms. The lowest BCUT2D eigenvalue weighted by molar-refractivity contribution is -0.137. The van der Waals surface area contributed by atoms with Crippen molar-refractivity contribution in [2.24, 2.45) is 17.8 Å². The number of imidazole rings is 2. The number of aromatic amines is 2. The summed E-state index contributed by atoms with van der Waals surface area (Å²) in [5, 5.41) is 8.09. The van der Waals surface area contributed by atoms with E-state index in [-0.39, 0.29) is 47.8 Å². The standard InChI is InChI=1S/C49H54N8O7/c1-26(2)42(51-25-62-4)48(59)57-38-18-31(38)19-40(57)46-52-36-14-12-29-17-35-33-13-11-30(16-32(33)24-64-41(35)20-34(29)44(36)54-46)37-21-50-45(53-37)39-15-27(23-61-3)22-56(39)47(58)43(55-49(60)63-5)28-9-7-6-8-10-28/h6-14,16-17,20-21,26-27,31,38-40,42-43,51H,15,18-19,22-25H2,1-5H3,(H,50,53)(H,52,54)(H,55,60)/t27-,31-,38?,39-,40-,42-,43+/m0/s1. The number of likely N-dealkylation sites (tertiary alicyclic amines) is 2. The van der Waals surface area contributed by atoms with Gasteiger partial charge in [0, 0.05) is 43.7 Å². The maximum Gasteiger partial charge on any atom is 0.407 e. The number of amides is 3. The number of H-pyrrole nitrogens is 2. The van der Waals surface area contributed by atoms with Crippen molar-refractivity contribution in [3.63, 3.8) is 0 Å². The highest BCUT2D eigenvalue weighted by Gasteiger charge is 2.56. The topological polar surface area (TPSA) is 176 Å². The van der Waals surface area contributed by atoms with Crippen molar-refractivity contribution in [3.05, 3.63) is 102 Å². The van der Waals surface area contributed by atoms with E-state index in [1.807, 2.05) is 36.5 Å². The number of hydrogen-bond acceptors (Lipinski definition) is 10. The molecule has 1 saturated carbocycles. The number of piperidine rings is 1. The van der Waals surface area contributed by atoms with Crippen LogP contribution in [0.3, 0.4) is 0 Å². The molecule has 332 valence electrons. The number of methoxy groups -OCH3 is 3. The van der Waals surface area contributed by atoms with Crippen LogP contribution in [0.5, 0.6) is 5.75 Å². The van der Waals surface area contributed by atoms with Gasteiger partial charge in [-0.05, 0) is 83.0 Å². The first-order valence-corrected chi connectivity index (χ1v) is 22.1. The van der Waals surface area contributed by atoms with Gasteiger partial charge in [0.2, 0.25) is 5.91 Å². The van der Waals surface area contributed by atoms with Crippen molar-refractivity contribution in [1.82, 2.24) is 40.4 Å². The van der Waals surface area contributed by atoms with Crippen LogP contribution in [0.15, 0.2) is 79.0 Å². The molecule has 1 aliphatic carbocycles. The zero-order valence-corrected chi connectivity index (χ0v) is 36.7. The number of aromatic nitrogens is 4. The Labute approximate surface area is 371 Å². The van der Waals surface area contributed by atoms with Gasteiger partial charge in [0.15, 0.2) is 0 Å². The summed E-state index contributed by atoms with van der Waals surface area (Å²) >= 11 is 0. The summed E-state index contributed by atoms with van der Waals surface area (Å²) in [5.41, 5.74) is 7.37. The molecule has 4 N–H and O–H groups in total. The molecule has 2 saturated heterocycles. The molecule has 0 bridgehead atoms. The first-order valence-electron chi connectivity index (χ1n) is 22.1. The number of benzene rings is 4. The van der Waals surface area contributed by atoms with Crippen LogP contribution >= 0.6 is 0 Å². The molecule has 1 unspecified atom stereocenters. The van der Waals surface area contributed by atoms with Crippen molar-refractivity contribution in [2.75, 3.05) is 41.2 Å². The summed E-state index contributed by atoms with van der Waals surface area (Å²) in [6, 6.07) is 22.5. The summed E-state index contributed by atoms with van der Waals surface area (Å²) in [7, 11) is 4.57. The predicted octanol–water partition coefficient (Wildman–Crippen LogP) is 7.18. The number of rotatable bonds is 13. The molecule has 3 aliphatic heterocycles. The van der Waals surface area contributed by atoms with E-state index in [1.54, 1.807) is 19.1 Å². The Kier molecular flexibility index (Phi) is 11.1. The van der Waals surface area contributed by atoms with Crippen LogP contribution in [0, 0.1) is 17.8 Å². The number of hydrogen-bond donors (Lipinski definition) is 4. The third kappa shape index (κ3) is 7.54. The van der Waals surface area contributed by atoms with E-state index < -0.39 is 12.1 Å². The van der Waals surface area contributed by atoms with Gasteiger partial charge in [-0.15, -0.1) is 0 Å². The van der Waals surface area contributed by atoms with Gasteiger partial charge in [0.05, 0.1) is 61.5 Å². The lowest BCUT2D eigenvalue weighted by Gasteiger charge is -2.32. The SMILES string of the molecule is COCN[C@H](C(=O)N1C2C[C@H]2C[C@H]1c1nc2c(ccc3cc4c(cc32)OCc2cc(-c3cnc([C@@H]5C[C@H](COC)CN5C(=O)[C@H](NC(=O)OC)c5ccccc5)[nH]3)ccc2-4)[nH]1)C(C)C. The third-order valence-electron chi connectivity index (χ3n) is 13.5. The molecular formula is C49H54N8O7. The maximum absolute atomic E-state index is 14.3. The molecule has 64 heavy (non-hydrogen) atoms. The number of carbonyl (C=O) groups excluding carboxylic acids is 3. The molecule has 4 aliphatic rings. The Morgan fingerprint density at radius 3 is 2.52 bits per heavy atom. The van der Waals surface area contributed by atoms with Crippen LogP contribution in [0.1, 0.15) is 74.0 Å². The van der Waals surface area contributed by atoms with Gasteiger partial charge in [-0.3, -0.25) is 14.9 Å². The number of ether oxygens (including phenoxy) is 4. The molecular weight excluding hydrogens is 813 g/mol. The second kappa shape index (κ2) is 17.0. The van der Waals surface area contributed by atoms with Crippen LogP contribution in [0.2, 0.25) is 0 Å². The number of nitrogens with zero attached hydrogens (tertiary/aromatic N) is 4. The van der Waals surface area contributed by atoms with Gasteiger partial charge in [0.25, 0.3) is 5.91 Å². The first-order chi connectivity index (χ1) is 31.1. The third-order valence-corrected chi connectivity index (χ3v) is 13.5. The monoisotopic (exact) mass is 866 g/mol. The summed E-state index contributed by atoms with van der Waals surface area (Å²) in [5.74, 6) is 2.83. The Bertz CT molecular complexity index is 2730. The van der Waals surface area contributed by atoms with Gasteiger partial charge in [-0.25, -0.2) is 14.8 Å². The van der Waals surface area contributed by atoms with Crippen LogP contribution in [-0.2, 0) is 30.4 Å². The molecule has 15 heteroatoms. The van der Waals surface area contributed by atoms with Gasteiger partial charge < -0.3 is 44.0 Å². The zero-order chi connectivity index (χ0) is 44.2. The molecule has 10 rings (SSSR count). The molecule has 4 aromatic carbocycles. The fourth-order valence-electron chi connectivity index (χ4n) is 10.3. The summed E-state index contributed by atoms with van der Waals surface area (Å²) < 4.78 is 22.2. The van der Waals surface area contributed by atoms with Crippen molar-refractivity contribution in [1.29, 1.82) is 0 Å². The van der Waals surface area contributed by atoms with Crippen molar-refractivity contribution < 1.29 is 33.3 Å². The van der Waals surface area contributed by atoms with E-state index in [1.165, 1.54) is 7.11 Å². The predicted molar refractivity (Wildman–Crippen MR) is 240 cm³/mol. The largest absolute Gasteiger partial charge is 0.488 e. The summed E-state index contributed by atoms with van der Waals surface area (Å²) in [6.07, 6.45) is 3.71. The van der Waals surface area contributed by atoms with E-state index in [0.717, 1.165) is 74.2 Å². The van der Waals surface area contributed by atoms with Crippen molar-refractivity contribution in [3.8, 4) is 28.1 Å². The van der Waals surface area contributed by atoms with Gasteiger partial charge in [-0.1, -0.05) is 62.4 Å². The normalized spacial score (nSPS) is 21.9. The van der Waals surface area contributed by atoms with Gasteiger partial charge in [0.1, 0.15) is 30.0 Å². The Morgan fingerprint density at radius 2 is 1.73 bits per heavy atom.